The van der Waals surface area contributed by atoms with E-state index >= 15 is 0 Å². The van der Waals surface area contributed by atoms with Gasteiger partial charge in [-0.05, 0) is 46.5 Å². The molecule has 1 aliphatic heterocycles. The predicted octanol–water partition coefficient (Wildman–Crippen LogP) is 5.75. The Hall–Kier alpha value is -2.29. The maximum atomic E-state index is 13.6. The third kappa shape index (κ3) is 3.33. The fourth-order valence-corrected chi connectivity index (χ4v) is 6.71. The van der Waals surface area contributed by atoms with Crippen molar-refractivity contribution in [2.75, 3.05) is 13.1 Å². The Bertz CT molecular complexity index is 1090. The molecule has 4 aromatic rings. The third-order valence-electron chi connectivity index (χ3n) is 6.56. The van der Waals surface area contributed by atoms with Gasteiger partial charge in [0, 0.05) is 0 Å². The van der Waals surface area contributed by atoms with E-state index < -0.39 is 8.45 Å². The first-order valence-corrected chi connectivity index (χ1v) is 12.0. The van der Waals surface area contributed by atoms with Crippen molar-refractivity contribution in [1.82, 2.24) is 9.34 Å². The normalized spacial score (nSPS) is 18.2. The molecule has 0 saturated carbocycles. The number of rotatable bonds is 4. The van der Waals surface area contributed by atoms with Crippen molar-refractivity contribution < 1.29 is 4.89 Å². The lowest BCUT2D eigenvalue weighted by molar-refractivity contribution is -0.180. The minimum atomic E-state index is -2.05. The standard InChI is InChI=1S/C26H27N2OP/c1-19(23-15-7-11-21-9-3-5-13-25(21)23)27-17-18-28(30(27)29)20(2)24-16-8-12-22-10-4-6-14-26(22)24/h3-16,19-20,30H,17-18H2,1-2H3/t19-,20-/m1/s1. The van der Waals surface area contributed by atoms with E-state index in [1.807, 2.05) is 0 Å². The molecule has 152 valence electrons. The summed E-state index contributed by atoms with van der Waals surface area (Å²) in [5.41, 5.74) is 2.51. The summed E-state index contributed by atoms with van der Waals surface area (Å²) in [6.07, 6.45) is 0. The van der Waals surface area contributed by atoms with Gasteiger partial charge < -0.3 is 4.89 Å². The maximum Gasteiger partial charge on any atom is 0.0944 e. The SMILES string of the molecule is C[C@H](c1cccc2ccccc12)N1CCN([C@H](C)c2cccc3ccccc23)[PH+]1[O-]. The highest BCUT2D eigenvalue weighted by Gasteiger charge is 2.39. The predicted molar refractivity (Wildman–Crippen MR) is 126 cm³/mol. The van der Waals surface area contributed by atoms with Gasteiger partial charge in [0.05, 0.1) is 33.6 Å². The lowest BCUT2D eigenvalue weighted by Gasteiger charge is -2.33. The molecule has 0 aromatic heterocycles. The van der Waals surface area contributed by atoms with Gasteiger partial charge in [-0.1, -0.05) is 84.9 Å². The van der Waals surface area contributed by atoms with E-state index in [9.17, 15) is 4.89 Å². The Kier molecular flexibility index (Phi) is 5.30. The van der Waals surface area contributed by atoms with Gasteiger partial charge in [0.15, 0.2) is 0 Å². The second-order valence-electron chi connectivity index (χ2n) is 8.16. The number of nitrogens with zero attached hydrogens (tertiary/aromatic N) is 2. The molecule has 0 N–H and O–H groups in total. The zero-order chi connectivity index (χ0) is 20.7. The summed E-state index contributed by atoms with van der Waals surface area (Å²) in [6.45, 7) is 6.04. The first-order chi connectivity index (χ1) is 14.6. The molecule has 3 nitrogen and oxygen atoms in total. The van der Waals surface area contributed by atoms with E-state index in [1.165, 1.54) is 32.7 Å². The van der Waals surface area contributed by atoms with E-state index in [0.717, 1.165) is 13.1 Å². The minimum absolute atomic E-state index is 0.118. The van der Waals surface area contributed by atoms with Gasteiger partial charge in [0.25, 0.3) is 0 Å². The van der Waals surface area contributed by atoms with Crippen molar-refractivity contribution in [3.05, 3.63) is 96.1 Å². The molecule has 1 fully saturated rings. The Morgan fingerprint density at radius 2 is 1.03 bits per heavy atom. The minimum Gasteiger partial charge on any atom is -0.652 e. The summed E-state index contributed by atoms with van der Waals surface area (Å²) in [7, 11) is -2.05. The fourth-order valence-electron chi connectivity index (χ4n) is 4.86. The van der Waals surface area contributed by atoms with Crippen LogP contribution in [0.1, 0.15) is 37.1 Å². The van der Waals surface area contributed by atoms with Crippen molar-refractivity contribution in [2.24, 2.45) is 0 Å². The summed E-state index contributed by atoms with van der Waals surface area (Å²) in [6, 6.07) is 30.1. The smallest absolute Gasteiger partial charge is 0.0944 e. The van der Waals surface area contributed by atoms with E-state index in [4.69, 9.17) is 0 Å². The van der Waals surface area contributed by atoms with Crippen molar-refractivity contribution in [3.63, 3.8) is 0 Å². The molecule has 0 aliphatic carbocycles. The monoisotopic (exact) mass is 414 g/mol. The summed E-state index contributed by atoms with van der Waals surface area (Å²) in [4.78, 5) is 13.6. The molecule has 2 atom stereocenters. The Labute approximate surface area is 179 Å². The average molecular weight is 414 g/mol. The zero-order valence-corrected chi connectivity index (χ0v) is 18.5. The molecule has 5 rings (SSSR count). The molecular formula is C26H27N2OP. The Morgan fingerprint density at radius 3 is 1.50 bits per heavy atom. The highest BCUT2D eigenvalue weighted by molar-refractivity contribution is 7.45. The highest BCUT2D eigenvalue weighted by Crippen LogP contribution is 2.51. The van der Waals surface area contributed by atoms with Crippen LogP contribution in [0, 0.1) is 0 Å². The molecule has 0 amide bonds. The van der Waals surface area contributed by atoms with Crippen molar-refractivity contribution in [3.8, 4) is 0 Å². The van der Waals surface area contributed by atoms with Crippen LogP contribution in [0.4, 0.5) is 0 Å². The molecule has 4 aromatic carbocycles. The molecule has 0 spiro atoms. The van der Waals surface area contributed by atoms with E-state index in [1.54, 1.807) is 0 Å². The van der Waals surface area contributed by atoms with Crippen LogP contribution in [0.2, 0.25) is 0 Å². The van der Waals surface area contributed by atoms with Crippen LogP contribution in [-0.4, -0.2) is 22.4 Å². The van der Waals surface area contributed by atoms with Crippen LogP contribution in [-0.2, 0) is 0 Å². The third-order valence-corrected chi connectivity index (χ3v) is 8.76. The molecule has 1 heterocycles. The quantitative estimate of drug-likeness (QED) is 0.398. The van der Waals surface area contributed by atoms with E-state index in [2.05, 4.69) is 108 Å². The van der Waals surface area contributed by atoms with Gasteiger partial charge in [-0.3, -0.25) is 0 Å². The summed E-state index contributed by atoms with van der Waals surface area (Å²) >= 11 is 0. The summed E-state index contributed by atoms with van der Waals surface area (Å²) in [5.74, 6) is 0. The van der Waals surface area contributed by atoms with Crippen LogP contribution in [0.25, 0.3) is 21.5 Å². The molecular weight excluding hydrogens is 387 g/mol. The number of hydrogen-bond donors (Lipinski definition) is 0. The van der Waals surface area contributed by atoms with Crippen molar-refractivity contribution >= 4 is 30.0 Å². The van der Waals surface area contributed by atoms with Gasteiger partial charge in [-0.15, -0.1) is 0 Å². The molecule has 4 heteroatoms. The topological polar surface area (TPSA) is 29.5 Å². The second-order valence-corrected chi connectivity index (χ2v) is 9.87. The first kappa shape index (κ1) is 19.7. The van der Waals surface area contributed by atoms with Crippen LogP contribution in [0.3, 0.4) is 0 Å². The molecule has 0 unspecified atom stereocenters. The number of fused-ring (bicyclic) bond motifs is 2. The lowest BCUT2D eigenvalue weighted by Crippen LogP contribution is -2.27. The van der Waals surface area contributed by atoms with Gasteiger partial charge in [-0.2, -0.15) is 9.34 Å². The molecule has 30 heavy (non-hydrogen) atoms. The van der Waals surface area contributed by atoms with Crippen molar-refractivity contribution in [1.29, 1.82) is 0 Å². The number of benzene rings is 4. The van der Waals surface area contributed by atoms with Gasteiger partial charge in [0.2, 0.25) is 0 Å². The van der Waals surface area contributed by atoms with Crippen LogP contribution < -0.4 is 4.89 Å². The van der Waals surface area contributed by atoms with Crippen LogP contribution in [0.5, 0.6) is 0 Å². The maximum absolute atomic E-state index is 13.6. The molecule has 1 aliphatic rings. The van der Waals surface area contributed by atoms with Crippen molar-refractivity contribution in [2.45, 2.75) is 25.9 Å². The number of hydrogen-bond acceptors (Lipinski definition) is 3. The van der Waals surface area contributed by atoms with Gasteiger partial charge in [-0.25, -0.2) is 0 Å². The van der Waals surface area contributed by atoms with Crippen LogP contribution in [0.15, 0.2) is 84.9 Å². The summed E-state index contributed by atoms with van der Waals surface area (Å²) < 4.78 is 4.40. The zero-order valence-electron chi connectivity index (χ0n) is 17.5. The Balaban J connectivity index is 1.44. The fraction of sp³-hybridized carbons (Fsp3) is 0.231. The molecule has 1 saturated heterocycles. The van der Waals surface area contributed by atoms with E-state index in [-0.39, 0.29) is 12.1 Å². The van der Waals surface area contributed by atoms with Gasteiger partial charge >= 0.3 is 0 Å². The van der Waals surface area contributed by atoms with E-state index in [0.29, 0.717) is 0 Å². The summed E-state index contributed by atoms with van der Waals surface area (Å²) in [5, 5.41) is 4.98. The highest BCUT2D eigenvalue weighted by atomic mass is 31.2. The average Bonchev–Trinajstić information content (AvgIpc) is 3.18. The van der Waals surface area contributed by atoms with Gasteiger partial charge in [0.1, 0.15) is 0 Å². The second kappa shape index (κ2) is 8.09. The lowest BCUT2D eigenvalue weighted by atomic mass is 9.99. The van der Waals surface area contributed by atoms with Crippen LogP contribution >= 0.6 is 8.45 Å². The Morgan fingerprint density at radius 1 is 0.633 bits per heavy atom. The largest absolute Gasteiger partial charge is 0.652 e. The molecule has 0 radical (unpaired) electrons. The first-order valence-electron chi connectivity index (χ1n) is 10.7. The molecule has 0 bridgehead atoms.